The van der Waals surface area contributed by atoms with Crippen LogP contribution in [0.15, 0.2) is 0 Å². The molecule has 35 valence electrons. The van der Waals surface area contributed by atoms with Crippen molar-refractivity contribution >= 4 is 43.3 Å². The number of hydrogen-bond donors (Lipinski definition) is 0. The van der Waals surface area contributed by atoms with Crippen molar-refractivity contribution in [2.24, 2.45) is 0 Å². The molecule has 1 nitrogen and oxygen atoms in total. The second-order valence-electron chi connectivity index (χ2n) is 0.214. The molecule has 0 aromatic carbocycles. The van der Waals surface area contributed by atoms with E-state index in [2.05, 4.69) is 0 Å². The molecule has 2 N–H and O–H groups in total. The molecule has 0 fully saturated rings. The Bertz CT molecular complexity index is 11.6. The third-order valence-electron chi connectivity index (χ3n) is 0. The summed E-state index contributed by atoms with van der Waals surface area (Å²) in [5.74, 6) is 0. The molecule has 0 spiro atoms. The van der Waals surface area contributed by atoms with Crippen molar-refractivity contribution in [1.82, 2.24) is 0 Å². The summed E-state index contributed by atoms with van der Waals surface area (Å²) in [6.07, 6.45) is 0. The minimum atomic E-state index is -2.13. The Morgan fingerprint density at radius 1 is 1.00 bits per heavy atom. The molecule has 0 aromatic heterocycles. The van der Waals surface area contributed by atoms with Crippen molar-refractivity contribution in [2.45, 2.75) is 0 Å². The van der Waals surface area contributed by atoms with Gasteiger partial charge in [-0.25, -0.2) is 0 Å². The van der Waals surface area contributed by atoms with E-state index in [4.69, 9.17) is 26.5 Å². The van der Waals surface area contributed by atoms with Crippen LogP contribution in [0, 0.1) is 0 Å². The van der Waals surface area contributed by atoms with E-state index in [0.29, 0.717) is 0 Å². The minimum absolute atomic E-state index is 0. The quantitative estimate of drug-likeness (QED) is 0.561. The molecule has 0 aliphatic rings. The third-order valence-corrected chi connectivity index (χ3v) is 0. The van der Waals surface area contributed by atoms with Crippen LogP contribution in [0.5, 0.6) is 0 Å². The topological polar surface area (TPSA) is 31.5 Å². The van der Waals surface area contributed by atoms with Gasteiger partial charge in [-0.3, -0.25) is 0 Å². The van der Waals surface area contributed by atoms with Gasteiger partial charge in [0, 0.05) is 0 Å². The van der Waals surface area contributed by atoms with E-state index < -0.39 is 16.8 Å². The molecule has 0 atom stereocenters. The molecule has 0 unspecified atom stereocenters. The van der Waals surface area contributed by atoms with Gasteiger partial charge >= 0.3 is 43.3 Å². The molecule has 0 bridgehead atoms. The Labute approximate surface area is 48.5 Å². The van der Waals surface area contributed by atoms with Gasteiger partial charge in [-0.05, 0) is 0 Å². The van der Waals surface area contributed by atoms with Crippen molar-refractivity contribution < 1.29 is 5.48 Å². The standard InChI is InChI=1S/3ClH.H2O.Sb.H/h3*1H;1H2;;/q;;;;+3;/p-3. The molecular weight excluding hydrogens is 244 g/mol. The molecule has 0 saturated heterocycles. The molecule has 0 saturated carbocycles. The fourth-order valence-corrected chi connectivity index (χ4v) is 0. The summed E-state index contributed by atoms with van der Waals surface area (Å²) in [5.41, 5.74) is 0. The van der Waals surface area contributed by atoms with Crippen LogP contribution >= 0.6 is 26.5 Å². The van der Waals surface area contributed by atoms with Gasteiger partial charge in [0.2, 0.25) is 0 Å². The van der Waals surface area contributed by atoms with Crippen LogP contribution < -0.4 is 0 Å². The van der Waals surface area contributed by atoms with E-state index in [-0.39, 0.29) is 5.48 Å². The van der Waals surface area contributed by atoms with Crippen molar-refractivity contribution in [2.75, 3.05) is 0 Å². The van der Waals surface area contributed by atoms with Crippen molar-refractivity contribution in [3.8, 4) is 0 Å². The molecule has 5 heavy (non-hydrogen) atoms. The van der Waals surface area contributed by atoms with E-state index in [0.717, 1.165) is 0 Å². The molecule has 0 aromatic rings. The zero-order chi connectivity index (χ0) is 3.58. The molecular formula is H3Cl3OSb. The van der Waals surface area contributed by atoms with Crippen LogP contribution in [0.25, 0.3) is 0 Å². The average Bonchev–Trinajstić information content (AvgIpc) is 0.811. The second kappa shape index (κ2) is 5.65. The summed E-state index contributed by atoms with van der Waals surface area (Å²) in [7, 11) is 15.0. The van der Waals surface area contributed by atoms with Crippen LogP contribution in [-0.2, 0) is 0 Å². The maximum absolute atomic E-state index is 5.00. The summed E-state index contributed by atoms with van der Waals surface area (Å²) in [6.45, 7) is 0. The predicted octanol–water partition coefficient (Wildman–Crippen LogP) is 0.595. The fourth-order valence-electron chi connectivity index (χ4n) is 0. The summed E-state index contributed by atoms with van der Waals surface area (Å²) >= 11 is -2.13. The molecule has 0 rings (SSSR count). The zero-order valence-corrected chi connectivity index (χ0v) is 7.26. The van der Waals surface area contributed by atoms with Gasteiger partial charge in [0.05, 0.1) is 0 Å². The third kappa shape index (κ3) is 27.7. The monoisotopic (exact) mass is 245 g/mol. The van der Waals surface area contributed by atoms with Crippen LogP contribution in [0.4, 0.5) is 0 Å². The Hall–Kier alpha value is 1.65. The summed E-state index contributed by atoms with van der Waals surface area (Å²) in [6, 6.07) is 0. The second-order valence-corrected chi connectivity index (χ2v) is 12.9. The van der Waals surface area contributed by atoms with Gasteiger partial charge in [0.25, 0.3) is 0 Å². The van der Waals surface area contributed by atoms with Gasteiger partial charge in [-0.15, -0.1) is 0 Å². The first-order chi connectivity index (χ1) is 1.73. The van der Waals surface area contributed by atoms with E-state index in [1.807, 2.05) is 0 Å². The van der Waals surface area contributed by atoms with Crippen molar-refractivity contribution in [1.29, 1.82) is 0 Å². The molecule has 0 aliphatic heterocycles. The van der Waals surface area contributed by atoms with E-state index >= 15 is 0 Å². The van der Waals surface area contributed by atoms with Crippen LogP contribution in [0.1, 0.15) is 0 Å². The molecule has 0 heterocycles. The van der Waals surface area contributed by atoms with Crippen molar-refractivity contribution in [3.05, 3.63) is 0 Å². The van der Waals surface area contributed by atoms with Gasteiger partial charge in [-0.2, -0.15) is 0 Å². The first-order valence-corrected chi connectivity index (χ1v) is 11.4. The van der Waals surface area contributed by atoms with Gasteiger partial charge in [0.1, 0.15) is 0 Å². The van der Waals surface area contributed by atoms with Crippen LogP contribution in [0.3, 0.4) is 0 Å². The number of rotatable bonds is 0. The number of halogens is 3. The normalized spacial score (nSPS) is 7.20. The molecule has 0 amide bonds. The molecule has 1 radical (unpaired) electrons. The van der Waals surface area contributed by atoms with Crippen LogP contribution in [-0.4, -0.2) is 22.3 Å². The van der Waals surface area contributed by atoms with E-state index in [1.165, 1.54) is 0 Å². The summed E-state index contributed by atoms with van der Waals surface area (Å²) in [4.78, 5) is 0. The zero-order valence-electron chi connectivity index (χ0n) is 2.13. The van der Waals surface area contributed by atoms with Crippen molar-refractivity contribution in [3.63, 3.8) is 0 Å². The van der Waals surface area contributed by atoms with Gasteiger partial charge < -0.3 is 5.48 Å². The Balaban J connectivity index is 0. The Morgan fingerprint density at radius 2 is 1.00 bits per heavy atom. The van der Waals surface area contributed by atoms with Crippen LogP contribution in [0.2, 0.25) is 0 Å². The molecule has 0 aliphatic carbocycles. The molecule has 5 heteroatoms. The average molecular weight is 247 g/mol. The Kier molecular flexibility index (Phi) is 11.1. The first-order valence-electron chi connectivity index (χ1n) is 0.567. The first kappa shape index (κ1) is 9.82. The predicted molar refractivity (Wildman–Crippen MR) is 28.3 cm³/mol. The number of hydrogen-bond acceptors (Lipinski definition) is 0. The SMILES string of the molecule is O.[Cl][SbH]([Cl])[Cl]. The van der Waals surface area contributed by atoms with E-state index in [9.17, 15) is 0 Å². The Morgan fingerprint density at radius 3 is 1.00 bits per heavy atom. The maximum atomic E-state index is 5.00. The fraction of sp³-hybridized carbons (Fsp3) is 0. The van der Waals surface area contributed by atoms with Gasteiger partial charge in [0.15, 0.2) is 0 Å². The summed E-state index contributed by atoms with van der Waals surface area (Å²) in [5, 5.41) is 0. The summed E-state index contributed by atoms with van der Waals surface area (Å²) < 4.78 is 0. The van der Waals surface area contributed by atoms with Gasteiger partial charge in [-0.1, -0.05) is 0 Å². The van der Waals surface area contributed by atoms with E-state index in [1.54, 1.807) is 0 Å².